The van der Waals surface area contributed by atoms with Crippen LogP contribution in [0.3, 0.4) is 0 Å². The number of benzene rings is 1. The van der Waals surface area contributed by atoms with Gasteiger partial charge in [0.25, 0.3) is 11.8 Å². The molecule has 6 heteroatoms. The molecule has 2 heterocycles. The first kappa shape index (κ1) is 20.1. The minimum atomic E-state index is -0.399. The van der Waals surface area contributed by atoms with Crippen LogP contribution < -0.4 is 10.2 Å². The monoisotopic (exact) mass is 411 g/mol. The van der Waals surface area contributed by atoms with Crippen LogP contribution in [0.5, 0.6) is 0 Å². The molecule has 5 nitrogen and oxygen atoms in total. The Morgan fingerprint density at radius 1 is 0.897 bits per heavy atom. The van der Waals surface area contributed by atoms with Crippen LogP contribution in [0, 0.1) is 0 Å². The molecule has 1 aromatic rings. The fraction of sp³-hybridized carbons (Fsp3) is 0.522. The predicted octanol–water partition coefficient (Wildman–Crippen LogP) is 4.03. The van der Waals surface area contributed by atoms with Crippen LogP contribution in [-0.4, -0.2) is 41.0 Å². The number of amides is 2. The van der Waals surface area contributed by atoms with Gasteiger partial charge in [0.05, 0.1) is 0 Å². The summed E-state index contributed by atoms with van der Waals surface area (Å²) >= 11 is 5.32. The number of carbonyl (C=O) groups excluding carboxylic acids is 2. The van der Waals surface area contributed by atoms with Gasteiger partial charge in [-0.2, -0.15) is 0 Å². The third-order valence-corrected chi connectivity index (χ3v) is 6.55. The average molecular weight is 412 g/mol. The molecule has 154 valence electrons. The first-order valence-electron chi connectivity index (χ1n) is 10.9. The highest BCUT2D eigenvalue weighted by molar-refractivity contribution is 7.80. The Morgan fingerprint density at radius 2 is 1.52 bits per heavy atom. The summed E-state index contributed by atoms with van der Waals surface area (Å²) in [4.78, 5) is 29.6. The van der Waals surface area contributed by atoms with E-state index in [1.165, 1.54) is 37.8 Å². The van der Waals surface area contributed by atoms with Gasteiger partial charge in [-0.3, -0.25) is 19.8 Å². The zero-order chi connectivity index (χ0) is 20.2. The first-order valence-corrected chi connectivity index (χ1v) is 11.3. The molecule has 1 N–H and O–H groups in total. The van der Waals surface area contributed by atoms with Crippen LogP contribution in [0.2, 0.25) is 0 Å². The average Bonchev–Trinajstić information content (AvgIpc) is 3.02. The molecule has 0 spiro atoms. The van der Waals surface area contributed by atoms with Gasteiger partial charge < -0.3 is 4.90 Å². The van der Waals surface area contributed by atoms with Crippen molar-refractivity contribution in [2.75, 3.05) is 18.0 Å². The van der Waals surface area contributed by atoms with Crippen molar-refractivity contribution in [3.8, 4) is 0 Å². The van der Waals surface area contributed by atoms with Gasteiger partial charge in [-0.15, -0.1) is 0 Å². The van der Waals surface area contributed by atoms with Gasteiger partial charge in [0, 0.05) is 24.8 Å². The fourth-order valence-corrected chi connectivity index (χ4v) is 4.94. The lowest BCUT2D eigenvalue weighted by Crippen LogP contribution is -2.57. The summed E-state index contributed by atoms with van der Waals surface area (Å²) in [5, 5.41) is 2.97. The maximum Gasteiger partial charge on any atom is 0.265 e. The van der Waals surface area contributed by atoms with Crippen LogP contribution in [0.15, 0.2) is 29.8 Å². The van der Waals surface area contributed by atoms with E-state index in [0.717, 1.165) is 44.3 Å². The van der Waals surface area contributed by atoms with Crippen LogP contribution in [0.25, 0.3) is 6.08 Å². The summed E-state index contributed by atoms with van der Waals surface area (Å²) in [5.41, 5.74) is 2.24. The van der Waals surface area contributed by atoms with Gasteiger partial charge in [-0.05, 0) is 61.7 Å². The molecular weight excluding hydrogens is 382 g/mol. The molecule has 3 fully saturated rings. The summed E-state index contributed by atoms with van der Waals surface area (Å²) in [6.07, 6.45) is 12.1. The van der Waals surface area contributed by atoms with Gasteiger partial charge in [-0.1, -0.05) is 44.2 Å². The van der Waals surface area contributed by atoms with E-state index in [1.807, 2.05) is 12.1 Å². The molecule has 2 saturated heterocycles. The summed E-state index contributed by atoms with van der Waals surface area (Å²) in [6.45, 7) is 2.18. The van der Waals surface area contributed by atoms with E-state index in [4.69, 9.17) is 12.2 Å². The molecule has 0 unspecified atom stereocenters. The largest absolute Gasteiger partial charge is 0.372 e. The second-order valence-electron chi connectivity index (χ2n) is 8.28. The lowest BCUT2D eigenvalue weighted by Gasteiger charge is -2.37. The summed E-state index contributed by atoms with van der Waals surface area (Å²) < 4.78 is 0. The van der Waals surface area contributed by atoms with Crippen LogP contribution in [-0.2, 0) is 9.59 Å². The van der Waals surface area contributed by atoms with Crippen molar-refractivity contribution in [3.63, 3.8) is 0 Å². The normalized spacial score (nSPS) is 23.3. The van der Waals surface area contributed by atoms with Gasteiger partial charge in [0.15, 0.2) is 5.11 Å². The van der Waals surface area contributed by atoms with Crippen molar-refractivity contribution in [2.24, 2.45) is 0 Å². The molecule has 0 radical (unpaired) electrons. The number of hydrogen-bond donors (Lipinski definition) is 1. The van der Waals surface area contributed by atoms with Crippen molar-refractivity contribution in [2.45, 2.75) is 63.8 Å². The van der Waals surface area contributed by atoms with E-state index in [-0.39, 0.29) is 22.6 Å². The smallest absolute Gasteiger partial charge is 0.265 e. The highest BCUT2D eigenvalue weighted by Crippen LogP contribution is 2.27. The molecule has 0 bridgehead atoms. The zero-order valence-corrected chi connectivity index (χ0v) is 17.7. The van der Waals surface area contributed by atoms with Crippen molar-refractivity contribution < 1.29 is 9.59 Å². The number of nitrogens with zero attached hydrogens (tertiary/aromatic N) is 2. The molecule has 4 rings (SSSR count). The highest BCUT2D eigenvalue weighted by atomic mass is 32.1. The maximum absolute atomic E-state index is 13.1. The number of nitrogens with one attached hydrogen (secondary N) is 1. The van der Waals surface area contributed by atoms with E-state index >= 15 is 0 Å². The molecule has 0 atom stereocenters. The van der Waals surface area contributed by atoms with Gasteiger partial charge in [0.2, 0.25) is 0 Å². The molecule has 0 aromatic heterocycles. The molecule has 2 aliphatic heterocycles. The SMILES string of the molecule is O=C1NC(=S)N(C2CCCCC2)C(=O)/C1=C/c1ccc(N2CCCCCC2)cc1. The molecule has 1 saturated carbocycles. The molecular formula is C23H29N3O2S. The number of anilines is 1. The van der Waals surface area contributed by atoms with Gasteiger partial charge in [0.1, 0.15) is 5.57 Å². The third kappa shape index (κ3) is 4.53. The van der Waals surface area contributed by atoms with Gasteiger partial charge in [-0.25, -0.2) is 0 Å². The van der Waals surface area contributed by atoms with E-state index in [0.29, 0.717) is 0 Å². The lowest BCUT2D eigenvalue weighted by atomic mass is 9.93. The first-order chi connectivity index (χ1) is 14.1. The summed E-state index contributed by atoms with van der Waals surface area (Å²) in [5.74, 6) is -0.661. The van der Waals surface area contributed by atoms with Crippen molar-refractivity contribution in [3.05, 3.63) is 35.4 Å². The van der Waals surface area contributed by atoms with E-state index in [2.05, 4.69) is 22.3 Å². The number of rotatable bonds is 3. The van der Waals surface area contributed by atoms with Crippen molar-refractivity contribution in [1.29, 1.82) is 0 Å². The van der Waals surface area contributed by atoms with Crippen molar-refractivity contribution >= 4 is 40.9 Å². The number of thiocarbonyl (C=S) groups is 1. The van der Waals surface area contributed by atoms with Gasteiger partial charge >= 0.3 is 0 Å². The van der Waals surface area contributed by atoms with Crippen LogP contribution in [0.1, 0.15) is 63.4 Å². The standard InChI is InChI=1S/C23H29N3O2S/c27-21-20(22(28)26(23(29)24-21)19-8-4-3-5-9-19)16-17-10-12-18(13-11-17)25-14-6-1-2-7-15-25/h10-13,16,19H,1-9,14-15H2,(H,24,27,29)/b20-16+. The van der Waals surface area contributed by atoms with Crippen LogP contribution in [0.4, 0.5) is 5.69 Å². The minimum Gasteiger partial charge on any atom is -0.372 e. The Morgan fingerprint density at radius 3 is 2.17 bits per heavy atom. The number of hydrogen-bond acceptors (Lipinski definition) is 4. The Hall–Kier alpha value is -2.21. The minimum absolute atomic E-state index is 0.0955. The zero-order valence-electron chi connectivity index (χ0n) is 16.9. The second-order valence-corrected chi connectivity index (χ2v) is 8.66. The molecule has 29 heavy (non-hydrogen) atoms. The molecule has 3 aliphatic rings. The number of carbonyl (C=O) groups is 2. The second kappa shape index (κ2) is 9.08. The van der Waals surface area contributed by atoms with E-state index < -0.39 is 5.91 Å². The Kier molecular flexibility index (Phi) is 6.28. The maximum atomic E-state index is 13.1. The third-order valence-electron chi connectivity index (χ3n) is 6.25. The Bertz CT molecular complexity index is 804. The summed E-state index contributed by atoms with van der Waals surface area (Å²) in [6, 6.07) is 8.26. The molecule has 1 aromatic carbocycles. The highest BCUT2D eigenvalue weighted by Gasteiger charge is 2.37. The molecule has 2 amide bonds. The van der Waals surface area contributed by atoms with Crippen LogP contribution >= 0.6 is 12.2 Å². The lowest BCUT2D eigenvalue weighted by molar-refractivity contribution is -0.130. The van der Waals surface area contributed by atoms with E-state index in [9.17, 15) is 9.59 Å². The Balaban J connectivity index is 1.53. The van der Waals surface area contributed by atoms with Crippen molar-refractivity contribution in [1.82, 2.24) is 10.2 Å². The Labute approximate surface area is 178 Å². The molecule has 1 aliphatic carbocycles. The predicted molar refractivity (Wildman–Crippen MR) is 120 cm³/mol. The fourth-order valence-electron chi connectivity index (χ4n) is 4.62. The van der Waals surface area contributed by atoms with E-state index in [1.54, 1.807) is 11.0 Å². The quantitative estimate of drug-likeness (QED) is 0.464. The summed E-state index contributed by atoms with van der Waals surface area (Å²) in [7, 11) is 0. The topological polar surface area (TPSA) is 52.7 Å².